The second kappa shape index (κ2) is 2.89. The van der Waals surface area contributed by atoms with Gasteiger partial charge in [-0.15, -0.1) is 0 Å². The highest BCUT2D eigenvalue weighted by Gasteiger charge is 2.12. The molecule has 62 valence electrons. The van der Waals surface area contributed by atoms with Crippen molar-refractivity contribution >= 4 is 12.6 Å². The van der Waals surface area contributed by atoms with Crippen molar-refractivity contribution in [2.24, 2.45) is 0 Å². The van der Waals surface area contributed by atoms with Crippen LogP contribution in [0.25, 0.3) is 0 Å². The van der Waals surface area contributed by atoms with E-state index in [0.29, 0.717) is 0 Å². The van der Waals surface area contributed by atoms with Gasteiger partial charge in [0, 0.05) is 11.9 Å². The van der Waals surface area contributed by atoms with Gasteiger partial charge in [0.05, 0.1) is 11.7 Å². The first kappa shape index (κ1) is 8.65. The first-order chi connectivity index (χ1) is 5.04. The van der Waals surface area contributed by atoms with Crippen molar-refractivity contribution in [3.05, 3.63) is 18.0 Å². The molecule has 0 spiro atoms. The molecule has 0 aliphatic heterocycles. The SMILES string of the molecule is CC(C)(C)n1cc(CS)cn1. The van der Waals surface area contributed by atoms with Crippen LogP contribution < -0.4 is 0 Å². The molecule has 2 nitrogen and oxygen atoms in total. The molecule has 0 saturated carbocycles. The Morgan fingerprint density at radius 2 is 2.18 bits per heavy atom. The van der Waals surface area contributed by atoms with Crippen molar-refractivity contribution in [2.45, 2.75) is 32.1 Å². The van der Waals surface area contributed by atoms with Gasteiger partial charge in [0.25, 0.3) is 0 Å². The van der Waals surface area contributed by atoms with Crippen LogP contribution in [0, 0.1) is 0 Å². The van der Waals surface area contributed by atoms with Gasteiger partial charge in [-0.3, -0.25) is 4.68 Å². The second-order valence-corrected chi connectivity index (χ2v) is 3.94. The number of rotatable bonds is 1. The van der Waals surface area contributed by atoms with Crippen LogP contribution in [0.3, 0.4) is 0 Å². The maximum absolute atomic E-state index is 4.23. The van der Waals surface area contributed by atoms with Gasteiger partial charge in [-0.1, -0.05) is 0 Å². The summed E-state index contributed by atoms with van der Waals surface area (Å²) in [6, 6.07) is 0. The fraction of sp³-hybridized carbons (Fsp3) is 0.625. The van der Waals surface area contributed by atoms with Crippen LogP contribution in [0.5, 0.6) is 0 Å². The van der Waals surface area contributed by atoms with E-state index in [0.717, 1.165) is 5.75 Å². The molecule has 0 amide bonds. The quantitative estimate of drug-likeness (QED) is 0.639. The zero-order chi connectivity index (χ0) is 8.48. The van der Waals surface area contributed by atoms with Gasteiger partial charge in [-0.05, 0) is 26.3 Å². The van der Waals surface area contributed by atoms with Crippen molar-refractivity contribution in [1.82, 2.24) is 9.78 Å². The minimum atomic E-state index is 0.0845. The standard InChI is InChI=1S/C8H14N2S/c1-8(2,3)10-5-7(6-11)4-9-10/h4-5,11H,6H2,1-3H3. The number of nitrogens with zero attached hydrogens (tertiary/aromatic N) is 2. The Bertz CT molecular complexity index is 234. The first-order valence-corrected chi connectivity index (χ1v) is 4.32. The predicted molar refractivity (Wildman–Crippen MR) is 49.9 cm³/mol. The molecule has 3 heteroatoms. The average molecular weight is 170 g/mol. The predicted octanol–water partition coefficient (Wildman–Crippen LogP) is 2.07. The topological polar surface area (TPSA) is 17.8 Å². The summed E-state index contributed by atoms with van der Waals surface area (Å²) >= 11 is 4.17. The van der Waals surface area contributed by atoms with Crippen molar-refractivity contribution in [3.8, 4) is 0 Å². The van der Waals surface area contributed by atoms with E-state index in [4.69, 9.17) is 0 Å². The number of hydrogen-bond acceptors (Lipinski definition) is 2. The lowest BCUT2D eigenvalue weighted by atomic mass is 10.1. The summed E-state index contributed by atoms with van der Waals surface area (Å²) < 4.78 is 1.96. The third-order valence-electron chi connectivity index (χ3n) is 1.51. The molecule has 0 bridgehead atoms. The van der Waals surface area contributed by atoms with Crippen LogP contribution >= 0.6 is 12.6 Å². The van der Waals surface area contributed by atoms with Gasteiger partial charge in [0.2, 0.25) is 0 Å². The van der Waals surface area contributed by atoms with Crippen molar-refractivity contribution in [3.63, 3.8) is 0 Å². The molecule has 0 saturated heterocycles. The zero-order valence-corrected chi connectivity index (χ0v) is 8.10. The summed E-state index contributed by atoms with van der Waals surface area (Å²) in [5.41, 5.74) is 1.25. The van der Waals surface area contributed by atoms with E-state index in [1.54, 1.807) is 0 Å². The molecule has 1 rings (SSSR count). The summed E-state index contributed by atoms with van der Waals surface area (Å²) in [5.74, 6) is 0.760. The molecule has 1 aromatic heterocycles. The van der Waals surface area contributed by atoms with E-state index in [1.807, 2.05) is 17.1 Å². The van der Waals surface area contributed by atoms with Crippen molar-refractivity contribution < 1.29 is 0 Å². The summed E-state index contributed by atoms with van der Waals surface area (Å²) in [4.78, 5) is 0. The minimum absolute atomic E-state index is 0.0845. The largest absolute Gasteiger partial charge is 0.267 e. The van der Waals surface area contributed by atoms with E-state index in [2.05, 4.69) is 38.5 Å². The lowest BCUT2D eigenvalue weighted by Gasteiger charge is -2.18. The Hall–Kier alpha value is -0.440. The van der Waals surface area contributed by atoms with Crippen LogP contribution in [-0.2, 0) is 11.3 Å². The summed E-state index contributed by atoms with van der Waals surface area (Å²) in [6.07, 6.45) is 3.89. The molecular weight excluding hydrogens is 156 g/mol. The molecule has 0 N–H and O–H groups in total. The Morgan fingerprint density at radius 1 is 1.55 bits per heavy atom. The Labute approximate surface area is 73.0 Å². The van der Waals surface area contributed by atoms with Gasteiger partial charge in [0.1, 0.15) is 0 Å². The average Bonchev–Trinajstić information content (AvgIpc) is 2.32. The molecular formula is C8H14N2S. The monoisotopic (exact) mass is 170 g/mol. The fourth-order valence-corrected chi connectivity index (χ4v) is 0.972. The highest BCUT2D eigenvalue weighted by atomic mass is 32.1. The molecule has 1 aromatic rings. The molecule has 0 atom stereocenters. The molecule has 1 heterocycles. The molecule has 11 heavy (non-hydrogen) atoms. The third-order valence-corrected chi connectivity index (χ3v) is 1.87. The van der Waals surface area contributed by atoms with Crippen LogP contribution in [0.4, 0.5) is 0 Å². The lowest BCUT2D eigenvalue weighted by molar-refractivity contribution is 0.355. The Morgan fingerprint density at radius 3 is 2.45 bits per heavy atom. The first-order valence-electron chi connectivity index (χ1n) is 3.69. The van der Waals surface area contributed by atoms with E-state index < -0.39 is 0 Å². The number of thiol groups is 1. The third kappa shape index (κ3) is 1.99. The van der Waals surface area contributed by atoms with Crippen molar-refractivity contribution in [2.75, 3.05) is 0 Å². The van der Waals surface area contributed by atoms with Gasteiger partial charge in [-0.2, -0.15) is 17.7 Å². The van der Waals surface area contributed by atoms with E-state index in [-0.39, 0.29) is 5.54 Å². The van der Waals surface area contributed by atoms with Gasteiger partial charge in [0.15, 0.2) is 0 Å². The molecule has 0 radical (unpaired) electrons. The molecule has 0 unspecified atom stereocenters. The van der Waals surface area contributed by atoms with Gasteiger partial charge < -0.3 is 0 Å². The Balaban J connectivity index is 2.89. The van der Waals surface area contributed by atoms with E-state index in [1.165, 1.54) is 5.56 Å². The smallest absolute Gasteiger partial charge is 0.0543 e. The van der Waals surface area contributed by atoms with Crippen LogP contribution in [0.1, 0.15) is 26.3 Å². The maximum Gasteiger partial charge on any atom is 0.0543 e. The van der Waals surface area contributed by atoms with Gasteiger partial charge >= 0.3 is 0 Å². The summed E-state index contributed by atoms with van der Waals surface area (Å²) in [7, 11) is 0. The highest BCUT2D eigenvalue weighted by Crippen LogP contribution is 2.13. The van der Waals surface area contributed by atoms with E-state index in [9.17, 15) is 0 Å². The summed E-state index contributed by atoms with van der Waals surface area (Å²) in [6.45, 7) is 6.38. The number of hydrogen-bond donors (Lipinski definition) is 1. The lowest BCUT2D eigenvalue weighted by Crippen LogP contribution is -2.21. The molecule has 0 aromatic carbocycles. The Kier molecular flexibility index (Phi) is 2.28. The molecule has 0 fully saturated rings. The maximum atomic E-state index is 4.23. The molecule has 0 aliphatic rings. The minimum Gasteiger partial charge on any atom is -0.267 e. The number of aromatic nitrogens is 2. The van der Waals surface area contributed by atoms with Crippen LogP contribution in [0.2, 0.25) is 0 Å². The molecule has 0 aliphatic carbocycles. The normalized spacial score (nSPS) is 12.0. The highest BCUT2D eigenvalue weighted by molar-refractivity contribution is 7.79. The van der Waals surface area contributed by atoms with Crippen LogP contribution in [0.15, 0.2) is 12.4 Å². The van der Waals surface area contributed by atoms with Gasteiger partial charge in [-0.25, -0.2) is 0 Å². The second-order valence-electron chi connectivity index (χ2n) is 3.62. The van der Waals surface area contributed by atoms with Crippen molar-refractivity contribution in [1.29, 1.82) is 0 Å². The summed E-state index contributed by atoms with van der Waals surface area (Å²) in [5, 5.41) is 4.23. The van der Waals surface area contributed by atoms with Crippen LogP contribution in [-0.4, -0.2) is 9.78 Å². The zero-order valence-electron chi connectivity index (χ0n) is 7.20. The fourth-order valence-electron chi connectivity index (χ4n) is 0.809. The van der Waals surface area contributed by atoms with E-state index >= 15 is 0 Å².